The van der Waals surface area contributed by atoms with Crippen molar-refractivity contribution in [2.75, 3.05) is 13.2 Å². The lowest BCUT2D eigenvalue weighted by Crippen LogP contribution is -2.36. The number of nitrogens with one attached hydrogen (secondary N) is 1. The topological polar surface area (TPSA) is 21.3 Å². The maximum Gasteiger partial charge on any atom is 0.0613 e. The van der Waals surface area contributed by atoms with Crippen LogP contribution in [-0.4, -0.2) is 25.3 Å². The Labute approximate surface area is 117 Å². The van der Waals surface area contributed by atoms with E-state index in [0.29, 0.717) is 18.1 Å². The van der Waals surface area contributed by atoms with Crippen LogP contribution in [0.1, 0.15) is 38.7 Å². The SMILES string of the molecule is CCC(Cc1ccccc1)NCC1CCOC1CC. The van der Waals surface area contributed by atoms with Gasteiger partial charge in [-0.15, -0.1) is 0 Å². The van der Waals surface area contributed by atoms with E-state index in [1.165, 1.54) is 18.4 Å². The molecular weight excluding hydrogens is 234 g/mol. The van der Waals surface area contributed by atoms with Gasteiger partial charge in [0.05, 0.1) is 6.10 Å². The van der Waals surface area contributed by atoms with Crippen molar-refractivity contribution in [2.45, 2.75) is 51.7 Å². The minimum absolute atomic E-state index is 0.474. The molecule has 106 valence electrons. The van der Waals surface area contributed by atoms with E-state index >= 15 is 0 Å². The van der Waals surface area contributed by atoms with Crippen LogP contribution in [0, 0.1) is 5.92 Å². The zero-order valence-electron chi connectivity index (χ0n) is 12.3. The summed E-state index contributed by atoms with van der Waals surface area (Å²) in [5.41, 5.74) is 1.43. The molecule has 3 atom stereocenters. The molecule has 0 bridgehead atoms. The molecule has 0 radical (unpaired) electrons. The highest BCUT2D eigenvalue weighted by molar-refractivity contribution is 5.15. The molecule has 19 heavy (non-hydrogen) atoms. The standard InChI is InChI=1S/C17H27NO/c1-3-16(12-14-8-6-5-7-9-14)18-13-15-10-11-19-17(15)4-2/h5-9,15-18H,3-4,10-13H2,1-2H3. The zero-order valence-corrected chi connectivity index (χ0v) is 12.3. The molecule has 3 unspecified atom stereocenters. The molecule has 1 saturated heterocycles. The predicted octanol–water partition coefficient (Wildman–Crippen LogP) is 3.41. The lowest BCUT2D eigenvalue weighted by molar-refractivity contribution is 0.0865. The average molecular weight is 261 g/mol. The van der Waals surface area contributed by atoms with Gasteiger partial charge in [-0.05, 0) is 37.2 Å². The van der Waals surface area contributed by atoms with Gasteiger partial charge in [0.1, 0.15) is 0 Å². The molecule has 1 fully saturated rings. The Morgan fingerprint density at radius 2 is 2.05 bits per heavy atom. The highest BCUT2D eigenvalue weighted by Gasteiger charge is 2.26. The molecule has 2 nitrogen and oxygen atoms in total. The second-order valence-electron chi connectivity index (χ2n) is 5.57. The van der Waals surface area contributed by atoms with Crippen LogP contribution in [0.3, 0.4) is 0 Å². The van der Waals surface area contributed by atoms with Gasteiger partial charge in [0.25, 0.3) is 0 Å². The Balaban J connectivity index is 1.79. The normalized spacial score (nSPS) is 24.5. The van der Waals surface area contributed by atoms with E-state index < -0.39 is 0 Å². The molecule has 2 rings (SSSR count). The smallest absolute Gasteiger partial charge is 0.0613 e. The van der Waals surface area contributed by atoms with Crippen molar-refractivity contribution in [3.63, 3.8) is 0 Å². The summed E-state index contributed by atoms with van der Waals surface area (Å²) in [6.07, 6.45) is 5.14. The zero-order chi connectivity index (χ0) is 13.5. The number of benzene rings is 1. The Bertz CT molecular complexity index is 352. The number of ether oxygens (including phenoxy) is 1. The molecular formula is C17H27NO. The van der Waals surface area contributed by atoms with Gasteiger partial charge < -0.3 is 10.1 Å². The Morgan fingerprint density at radius 3 is 2.74 bits per heavy atom. The van der Waals surface area contributed by atoms with Crippen LogP contribution in [0.5, 0.6) is 0 Å². The summed E-state index contributed by atoms with van der Waals surface area (Å²) >= 11 is 0. The van der Waals surface area contributed by atoms with Crippen molar-refractivity contribution in [1.82, 2.24) is 5.32 Å². The van der Waals surface area contributed by atoms with Crippen molar-refractivity contribution in [3.05, 3.63) is 35.9 Å². The van der Waals surface area contributed by atoms with Crippen molar-refractivity contribution in [1.29, 1.82) is 0 Å². The van der Waals surface area contributed by atoms with E-state index in [-0.39, 0.29) is 0 Å². The highest BCUT2D eigenvalue weighted by Crippen LogP contribution is 2.22. The third-order valence-electron chi connectivity index (χ3n) is 4.24. The molecule has 0 amide bonds. The summed E-state index contributed by atoms with van der Waals surface area (Å²) in [6.45, 7) is 6.54. The minimum Gasteiger partial charge on any atom is -0.378 e. The molecule has 1 aliphatic heterocycles. The molecule has 1 aromatic carbocycles. The van der Waals surface area contributed by atoms with Crippen LogP contribution in [0.25, 0.3) is 0 Å². The largest absolute Gasteiger partial charge is 0.378 e. The lowest BCUT2D eigenvalue weighted by atomic mass is 9.98. The van der Waals surface area contributed by atoms with Gasteiger partial charge in [-0.3, -0.25) is 0 Å². The quantitative estimate of drug-likeness (QED) is 0.812. The Morgan fingerprint density at radius 1 is 1.26 bits per heavy atom. The average Bonchev–Trinajstić information content (AvgIpc) is 2.92. The van der Waals surface area contributed by atoms with E-state index in [1.54, 1.807) is 0 Å². The molecule has 0 spiro atoms. The first kappa shape index (κ1) is 14.5. The number of hydrogen-bond donors (Lipinski definition) is 1. The fourth-order valence-electron chi connectivity index (χ4n) is 2.95. The predicted molar refractivity (Wildman–Crippen MR) is 80.4 cm³/mol. The number of hydrogen-bond acceptors (Lipinski definition) is 2. The first-order valence-corrected chi connectivity index (χ1v) is 7.72. The molecule has 1 heterocycles. The molecule has 1 N–H and O–H groups in total. The lowest BCUT2D eigenvalue weighted by Gasteiger charge is -2.22. The van der Waals surface area contributed by atoms with Crippen LogP contribution in [0.2, 0.25) is 0 Å². The van der Waals surface area contributed by atoms with Crippen LogP contribution < -0.4 is 5.32 Å². The van der Waals surface area contributed by atoms with Gasteiger partial charge >= 0.3 is 0 Å². The van der Waals surface area contributed by atoms with E-state index in [4.69, 9.17) is 4.74 Å². The van der Waals surface area contributed by atoms with Gasteiger partial charge in [0, 0.05) is 19.2 Å². The first-order valence-electron chi connectivity index (χ1n) is 7.72. The molecule has 2 heteroatoms. The first-order chi connectivity index (χ1) is 9.33. The fourth-order valence-corrected chi connectivity index (χ4v) is 2.95. The molecule has 0 aromatic heterocycles. The third-order valence-corrected chi connectivity index (χ3v) is 4.24. The van der Waals surface area contributed by atoms with Crippen LogP contribution in [0.15, 0.2) is 30.3 Å². The van der Waals surface area contributed by atoms with Crippen LogP contribution >= 0.6 is 0 Å². The minimum atomic E-state index is 0.474. The molecule has 0 saturated carbocycles. The second kappa shape index (κ2) is 7.66. The summed E-state index contributed by atoms with van der Waals surface area (Å²) in [5, 5.41) is 3.74. The summed E-state index contributed by atoms with van der Waals surface area (Å²) in [7, 11) is 0. The van der Waals surface area contributed by atoms with Gasteiger partial charge in [-0.2, -0.15) is 0 Å². The van der Waals surface area contributed by atoms with E-state index in [0.717, 1.165) is 26.0 Å². The summed E-state index contributed by atoms with van der Waals surface area (Å²) in [4.78, 5) is 0. The third kappa shape index (κ3) is 4.32. The second-order valence-corrected chi connectivity index (χ2v) is 5.57. The van der Waals surface area contributed by atoms with Gasteiger partial charge in [-0.25, -0.2) is 0 Å². The molecule has 1 aliphatic rings. The monoisotopic (exact) mass is 261 g/mol. The van der Waals surface area contributed by atoms with Crippen LogP contribution in [-0.2, 0) is 11.2 Å². The highest BCUT2D eigenvalue weighted by atomic mass is 16.5. The fraction of sp³-hybridized carbons (Fsp3) is 0.647. The van der Waals surface area contributed by atoms with E-state index in [9.17, 15) is 0 Å². The molecule has 1 aromatic rings. The maximum absolute atomic E-state index is 5.76. The van der Waals surface area contributed by atoms with Crippen LogP contribution in [0.4, 0.5) is 0 Å². The van der Waals surface area contributed by atoms with E-state index in [1.807, 2.05) is 0 Å². The van der Waals surface area contributed by atoms with Gasteiger partial charge in [0.15, 0.2) is 0 Å². The summed E-state index contributed by atoms with van der Waals surface area (Å²) < 4.78 is 5.76. The van der Waals surface area contributed by atoms with E-state index in [2.05, 4.69) is 49.5 Å². The van der Waals surface area contributed by atoms with Crippen molar-refractivity contribution >= 4 is 0 Å². The summed E-state index contributed by atoms with van der Waals surface area (Å²) in [5.74, 6) is 0.704. The van der Waals surface area contributed by atoms with Gasteiger partial charge in [-0.1, -0.05) is 44.2 Å². The summed E-state index contributed by atoms with van der Waals surface area (Å²) in [6, 6.07) is 11.4. The molecule has 0 aliphatic carbocycles. The van der Waals surface area contributed by atoms with Gasteiger partial charge in [0.2, 0.25) is 0 Å². The Kier molecular flexibility index (Phi) is 5.87. The van der Waals surface area contributed by atoms with Crippen molar-refractivity contribution in [3.8, 4) is 0 Å². The number of rotatable bonds is 7. The van der Waals surface area contributed by atoms with Crippen molar-refractivity contribution in [2.24, 2.45) is 5.92 Å². The maximum atomic E-state index is 5.76. The Hall–Kier alpha value is -0.860. The van der Waals surface area contributed by atoms with Crippen molar-refractivity contribution < 1.29 is 4.74 Å².